The minimum atomic E-state index is -0.495. The van der Waals surface area contributed by atoms with Crippen molar-refractivity contribution in [3.8, 4) is 0 Å². The summed E-state index contributed by atoms with van der Waals surface area (Å²) in [4.78, 5) is 32.3. The number of fused-ring (bicyclic) bond motifs is 1. The minimum absolute atomic E-state index is 0.00749. The van der Waals surface area contributed by atoms with Gasteiger partial charge in [-0.05, 0) is 58.6 Å². The van der Waals surface area contributed by atoms with Crippen LogP contribution in [-0.2, 0) is 4.74 Å². The van der Waals surface area contributed by atoms with Crippen molar-refractivity contribution >= 4 is 22.9 Å². The van der Waals surface area contributed by atoms with Crippen molar-refractivity contribution in [2.75, 3.05) is 26.2 Å². The fourth-order valence-corrected chi connectivity index (χ4v) is 3.73. The number of carbonyl (C=O) groups excluding carboxylic acids is 2. The zero-order valence-electron chi connectivity index (χ0n) is 17.3. The molecule has 0 saturated carbocycles. The van der Waals surface area contributed by atoms with Crippen LogP contribution in [0.25, 0.3) is 10.9 Å². The van der Waals surface area contributed by atoms with Gasteiger partial charge in [0.05, 0.1) is 0 Å². The van der Waals surface area contributed by atoms with Gasteiger partial charge < -0.3 is 19.5 Å². The summed E-state index contributed by atoms with van der Waals surface area (Å²) >= 11 is 0. The molecule has 0 bridgehead atoms. The second kappa shape index (κ2) is 8.25. The Morgan fingerprint density at radius 1 is 1.29 bits per heavy atom. The molecule has 2 aromatic rings. The van der Waals surface area contributed by atoms with E-state index in [2.05, 4.69) is 4.98 Å². The van der Waals surface area contributed by atoms with Gasteiger partial charge in [-0.15, -0.1) is 0 Å². The predicted octanol–water partition coefficient (Wildman–Crippen LogP) is 4.28. The Morgan fingerprint density at radius 2 is 2.04 bits per heavy atom. The van der Waals surface area contributed by atoms with E-state index in [0.717, 1.165) is 23.7 Å². The number of hydrogen-bond acceptors (Lipinski definition) is 3. The van der Waals surface area contributed by atoms with E-state index in [9.17, 15) is 9.59 Å². The molecule has 1 N–H and O–H groups in total. The van der Waals surface area contributed by atoms with Crippen LogP contribution in [0.1, 0.15) is 51.0 Å². The normalized spacial score (nSPS) is 17.6. The van der Waals surface area contributed by atoms with Gasteiger partial charge in [0.2, 0.25) is 0 Å². The molecule has 1 aliphatic rings. The Labute approximate surface area is 166 Å². The molecule has 1 aliphatic heterocycles. The van der Waals surface area contributed by atoms with Gasteiger partial charge >= 0.3 is 6.09 Å². The average molecular weight is 386 g/mol. The molecule has 0 aliphatic carbocycles. The molecule has 1 aromatic carbocycles. The zero-order valence-corrected chi connectivity index (χ0v) is 17.3. The highest BCUT2D eigenvalue weighted by molar-refractivity contribution is 5.98. The maximum atomic E-state index is 13.0. The molecule has 1 aromatic heterocycles. The molecule has 2 amide bonds. The molecule has 1 saturated heterocycles. The first-order chi connectivity index (χ1) is 13.3. The van der Waals surface area contributed by atoms with Gasteiger partial charge in [-0.3, -0.25) is 4.79 Å². The van der Waals surface area contributed by atoms with Gasteiger partial charge in [0.1, 0.15) is 11.3 Å². The number of H-pyrrole nitrogens is 1. The number of carbonyl (C=O) groups is 2. The van der Waals surface area contributed by atoms with Crippen molar-refractivity contribution in [2.45, 2.75) is 46.1 Å². The number of nitrogens with zero attached hydrogens (tertiary/aromatic N) is 2. The van der Waals surface area contributed by atoms with Gasteiger partial charge in [0, 0.05) is 37.1 Å². The summed E-state index contributed by atoms with van der Waals surface area (Å²) < 4.78 is 5.51. The van der Waals surface area contributed by atoms with E-state index in [1.54, 1.807) is 4.90 Å². The zero-order chi connectivity index (χ0) is 20.3. The molecule has 152 valence electrons. The number of para-hydroxylation sites is 1. The maximum absolute atomic E-state index is 13.0. The lowest BCUT2D eigenvalue weighted by Crippen LogP contribution is -2.46. The van der Waals surface area contributed by atoms with Crippen molar-refractivity contribution in [1.29, 1.82) is 0 Å². The molecule has 28 heavy (non-hydrogen) atoms. The number of hydrogen-bond donors (Lipinski definition) is 1. The largest absolute Gasteiger partial charge is 0.444 e. The summed E-state index contributed by atoms with van der Waals surface area (Å²) in [7, 11) is 0. The second-order valence-electron chi connectivity index (χ2n) is 8.55. The van der Waals surface area contributed by atoms with Gasteiger partial charge in [0.15, 0.2) is 0 Å². The molecule has 2 heterocycles. The fourth-order valence-electron chi connectivity index (χ4n) is 3.73. The molecular formula is C22H31N3O3. The first-order valence-electron chi connectivity index (χ1n) is 10.1. The average Bonchev–Trinajstić information content (AvgIpc) is 3.08. The number of aromatic amines is 1. The van der Waals surface area contributed by atoms with Crippen molar-refractivity contribution in [3.05, 3.63) is 36.0 Å². The Balaban J connectivity index is 1.64. The van der Waals surface area contributed by atoms with E-state index in [-0.39, 0.29) is 17.9 Å². The third-order valence-corrected chi connectivity index (χ3v) is 5.08. The number of amides is 2. The van der Waals surface area contributed by atoms with Crippen LogP contribution in [0.3, 0.4) is 0 Å². The number of rotatable bonds is 4. The monoisotopic (exact) mass is 385 g/mol. The molecule has 6 nitrogen and oxygen atoms in total. The van der Waals surface area contributed by atoms with E-state index in [4.69, 9.17) is 4.74 Å². The quantitative estimate of drug-likeness (QED) is 0.854. The molecule has 1 unspecified atom stereocenters. The van der Waals surface area contributed by atoms with Crippen LogP contribution in [0.2, 0.25) is 0 Å². The van der Waals surface area contributed by atoms with E-state index < -0.39 is 5.60 Å². The van der Waals surface area contributed by atoms with Crippen molar-refractivity contribution in [3.63, 3.8) is 0 Å². The number of nitrogens with one attached hydrogen (secondary N) is 1. The summed E-state index contributed by atoms with van der Waals surface area (Å²) in [5.41, 5.74) is 1.09. The Hall–Kier alpha value is -2.50. The first kappa shape index (κ1) is 20.2. The molecule has 0 spiro atoms. The first-order valence-corrected chi connectivity index (χ1v) is 10.1. The van der Waals surface area contributed by atoms with Crippen molar-refractivity contribution in [1.82, 2.24) is 14.8 Å². The highest BCUT2D eigenvalue weighted by Gasteiger charge is 2.29. The highest BCUT2D eigenvalue weighted by atomic mass is 16.6. The smallest absolute Gasteiger partial charge is 0.410 e. The van der Waals surface area contributed by atoms with E-state index in [0.29, 0.717) is 31.9 Å². The van der Waals surface area contributed by atoms with Crippen LogP contribution in [0.5, 0.6) is 0 Å². The lowest BCUT2D eigenvalue weighted by molar-refractivity contribution is 0.0147. The third-order valence-electron chi connectivity index (χ3n) is 5.08. The number of benzene rings is 1. The number of likely N-dealkylation sites (tertiary alicyclic amines) is 1. The standard InChI is InChI=1S/C22H31N3O3/c1-5-24(20(26)19-13-17-10-6-7-11-18(17)23-19)14-16-9-8-12-25(15-16)21(27)28-22(2,3)4/h6-7,10-11,13,16,23H,5,8-9,12,14-15H2,1-4H3. The van der Waals surface area contributed by atoms with E-state index in [1.807, 2.05) is 62.9 Å². The van der Waals surface area contributed by atoms with E-state index >= 15 is 0 Å². The summed E-state index contributed by atoms with van der Waals surface area (Å²) in [6, 6.07) is 9.81. The van der Waals surface area contributed by atoms with Gasteiger partial charge in [0.25, 0.3) is 5.91 Å². The Morgan fingerprint density at radius 3 is 2.71 bits per heavy atom. The fraction of sp³-hybridized carbons (Fsp3) is 0.545. The second-order valence-corrected chi connectivity index (χ2v) is 8.55. The summed E-state index contributed by atoms with van der Waals surface area (Å²) in [5, 5.41) is 1.04. The van der Waals surface area contributed by atoms with Gasteiger partial charge in [-0.25, -0.2) is 4.79 Å². The lowest BCUT2D eigenvalue weighted by Gasteiger charge is -2.36. The Bertz CT molecular complexity index is 804. The summed E-state index contributed by atoms with van der Waals surface area (Å²) in [5.74, 6) is 0.266. The summed E-state index contributed by atoms with van der Waals surface area (Å²) in [6.45, 7) is 10.3. The van der Waals surface area contributed by atoms with Gasteiger partial charge in [-0.1, -0.05) is 18.2 Å². The number of aromatic nitrogens is 1. The molecule has 1 atom stereocenters. The van der Waals surface area contributed by atoms with Crippen molar-refractivity contribution in [2.24, 2.45) is 5.92 Å². The molecule has 3 rings (SSSR count). The molecule has 0 radical (unpaired) electrons. The van der Waals surface area contributed by atoms with Gasteiger partial charge in [-0.2, -0.15) is 0 Å². The van der Waals surface area contributed by atoms with Crippen LogP contribution < -0.4 is 0 Å². The Kier molecular flexibility index (Phi) is 5.96. The van der Waals surface area contributed by atoms with Crippen LogP contribution in [-0.4, -0.2) is 58.6 Å². The molecule has 6 heteroatoms. The van der Waals surface area contributed by atoms with Crippen LogP contribution in [0.15, 0.2) is 30.3 Å². The van der Waals surface area contributed by atoms with Crippen LogP contribution in [0, 0.1) is 5.92 Å². The lowest BCUT2D eigenvalue weighted by atomic mass is 9.97. The minimum Gasteiger partial charge on any atom is -0.444 e. The van der Waals surface area contributed by atoms with Crippen LogP contribution >= 0.6 is 0 Å². The highest BCUT2D eigenvalue weighted by Crippen LogP contribution is 2.22. The maximum Gasteiger partial charge on any atom is 0.410 e. The number of piperidine rings is 1. The molecule has 1 fully saturated rings. The SMILES string of the molecule is CCN(CC1CCCN(C(=O)OC(C)(C)C)C1)C(=O)c1cc2ccccc2[nH]1. The number of ether oxygens (including phenoxy) is 1. The van der Waals surface area contributed by atoms with Crippen molar-refractivity contribution < 1.29 is 14.3 Å². The van der Waals surface area contributed by atoms with E-state index in [1.165, 1.54) is 0 Å². The molecular weight excluding hydrogens is 354 g/mol. The topological polar surface area (TPSA) is 65.6 Å². The van der Waals surface area contributed by atoms with Crippen LogP contribution in [0.4, 0.5) is 4.79 Å². The predicted molar refractivity (Wildman–Crippen MR) is 110 cm³/mol. The third kappa shape index (κ3) is 4.86. The summed E-state index contributed by atoms with van der Waals surface area (Å²) in [6.07, 6.45) is 1.68.